The molecule has 2 aliphatic rings. The molecule has 6 nitrogen and oxygen atoms in total. The number of aromatic nitrogens is 2. The molecule has 2 aromatic carbocycles. The largest absolute Gasteiger partial charge is 0.495 e. The predicted molar refractivity (Wildman–Crippen MR) is 112 cm³/mol. The maximum atomic E-state index is 13.3. The van der Waals surface area contributed by atoms with Gasteiger partial charge in [-0.15, -0.1) is 0 Å². The van der Waals surface area contributed by atoms with Crippen molar-refractivity contribution >= 4 is 17.4 Å². The molecule has 3 aromatic rings. The summed E-state index contributed by atoms with van der Waals surface area (Å²) < 4.78 is 5.60. The summed E-state index contributed by atoms with van der Waals surface area (Å²) in [6, 6.07) is 18.1. The minimum absolute atomic E-state index is 0.0982. The molecule has 2 aliphatic heterocycles. The Labute approximate surface area is 169 Å². The molecule has 1 amide bonds. The molecule has 0 spiro atoms. The van der Waals surface area contributed by atoms with Gasteiger partial charge in [0.15, 0.2) is 0 Å². The van der Waals surface area contributed by atoms with Gasteiger partial charge in [-0.25, -0.2) is 9.97 Å². The number of methoxy groups -OCH3 is 1. The molecule has 0 saturated carbocycles. The minimum atomic E-state index is -0.195. The van der Waals surface area contributed by atoms with Crippen molar-refractivity contribution in [1.29, 1.82) is 0 Å². The van der Waals surface area contributed by atoms with Gasteiger partial charge < -0.3 is 14.5 Å². The van der Waals surface area contributed by atoms with Crippen molar-refractivity contribution in [2.24, 2.45) is 0 Å². The second kappa shape index (κ2) is 6.88. The average molecular weight is 386 g/mol. The van der Waals surface area contributed by atoms with E-state index in [0.29, 0.717) is 0 Å². The lowest BCUT2D eigenvalue weighted by atomic mass is 10.0. The lowest BCUT2D eigenvalue weighted by molar-refractivity contribution is -0.118. The Balaban J connectivity index is 1.49. The summed E-state index contributed by atoms with van der Waals surface area (Å²) in [7, 11) is 1.65. The van der Waals surface area contributed by atoms with E-state index in [2.05, 4.69) is 33.1 Å². The zero-order valence-electron chi connectivity index (χ0n) is 16.4. The van der Waals surface area contributed by atoms with Crippen LogP contribution in [0.1, 0.15) is 12.1 Å². The van der Waals surface area contributed by atoms with Crippen LogP contribution in [0.15, 0.2) is 60.9 Å². The highest BCUT2D eigenvalue weighted by Crippen LogP contribution is 2.42. The average Bonchev–Trinajstić information content (AvgIpc) is 3.32. The lowest BCUT2D eigenvalue weighted by Gasteiger charge is -2.35. The smallest absolute Gasteiger partial charge is 0.250 e. The van der Waals surface area contributed by atoms with E-state index in [1.807, 2.05) is 48.2 Å². The van der Waals surface area contributed by atoms with Crippen molar-refractivity contribution in [1.82, 2.24) is 9.97 Å². The zero-order chi connectivity index (χ0) is 20.0. The minimum Gasteiger partial charge on any atom is -0.495 e. The highest BCUT2D eigenvalue weighted by molar-refractivity contribution is 6.05. The first-order chi connectivity index (χ1) is 14.2. The molecule has 0 unspecified atom stereocenters. The number of carbonyl (C=O) groups is 1. The molecule has 1 aromatic heterocycles. The summed E-state index contributed by atoms with van der Waals surface area (Å²) in [5.74, 6) is 1.64. The maximum absolute atomic E-state index is 13.3. The summed E-state index contributed by atoms with van der Waals surface area (Å²) >= 11 is 0. The van der Waals surface area contributed by atoms with Crippen LogP contribution in [0.5, 0.6) is 5.75 Å². The normalized spacial score (nSPS) is 20.4. The molecule has 5 rings (SSSR count). The number of fused-ring (bicyclic) bond motifs is 2. The number of benzene rings is 2. The van der Waals surface area contributed by atoms with Crippen molar-refractivity contribution in [3.63, 3.8) is 0 Å². The number of hydrogen-bond acceptors (Lipinski definition) is 5. The zero-order valence-corrected chi connectivity index (χ0v) is 16.4. The van der Waals surface area contributed by atoms with Gasteiger partial charge in [0.05, 0.1) is 18.8 Å². The number of nitrogens with zero attached hydrogens (tertiary/aromatic N) is 4. The van der Waals surface area contributed by atoms with Crippen molar-refractivity contribution in [3.05, 3.63) is 66.6 Å². The van der Waals surface area contributed by atoms with E-state index >= 15 is 0 Å². The fourth-order valence-electron chi connectivity index (χ4n) is 4.43. The second-order valence-corrected chi connectivity index (χ2v) is 7.54. The van der Waals surface area contributed by atoms with Crippen molar-refractivity contribution in [2.45, 2.75) is 25.4 Å². The third kappa shape index (κ3) is 2.92. The number of ether oxygens (including phenoxy) is 1. The van der Waals surface area contributed by atoms with Crippen molar-refractivity contribution in [3.8, 4) is 16.9 Å². The van der Waals surface area contributed by atoms with E-state index in [1.165, 1.54) is 0 Å². The Morgan fingerprint density at radius 3 is 2.59 bits per heavy atom. The molecule has 0 N–H and O–H groups in total. The van der Waals surface area contributed by atoms with Crippen LogP contribution in [0.2, 0.25) is 0 Å². The molecular weight excluding hydrogens is 364 g/mol. The van der Waals surface area contributed by atoms with Crippen molar-refractivity contribution in [2.75, 3.05) is 23.5 Å². The first-order valence-corrected chi connectivity index (χ1v) is 9.77. The van der Waals surface area contributed by atoms with E-state index in [-0.39, 0.29) is 18.0 Å². The summed E-state index contributed by atoms with van der Waals surface area (Å²) in [6.07, 6.45) is 2.35. The number of anilines is 2. The number of hydrogen-bond donors (Lipinski definition) is 0. The molecule has 0 aliphatic carbocycles. The van der Waals surface area contributed by atoms with Gasteiger partial charge in [-0.3, -0.25) is 4.79 Å². The quantitative estimate of drug-likeness (QED) is 0.687. The summed E-state index contributed by atoms with van der Waals surface area (Å²) in [5, 5.41) is 0. The monoisotopic (exact) mass is 386 g/mol. The van der Waals surface area contributed by atoms with Gasteiger partial charge in [-0.2, -0.15) is 0 Å². The molecule has 2 fully saturated rings. The van der Waals surface area contributed by atoms with Crippen LogP contribution in [0.4, 0.5) is 11.5 Å². The third-order valence-corrected chi connectivity index (χ3v) is 5.80. The number of piperazine rings is 1. The van der Waals surface area contributed by atoms with Crippen LogP contribution in [-0.2, 0) is 4.79 Å². The third-order valence-electron chi connectivity index (χ3n) is 5.80. The molecule has 3 heterocycles. The van der Waals surface area contributed by atoms with Crippen LogP contribution < -0.4 is 14.5 Å². The molecule has 2 bridgehead atoms. The lowest BCUT2D eigenvalue weighted by Crippen LogP contribution is -2.51. The number of rotatable bonds is 4. The van der Waals surface area contributed by atoms with Gasteiger partial charge in [-0.1, -0.05) is 36.4 Å². The van der Waals surface area contributed by atoms with Gasteiger partial charge >= 0.3 is 0 Å². The highest BCUT2D eigenvalue weighted by Gasteiger charge is 2.51. The van der Waals surface area contributed by atoms with Crippen LogP contribution >= 0.6 is 0 Å². The number of amides is 1. The van der Waals surface area contributed by atoms with Crippen LogP contribution in [0.25, 0.3) is 11.1 Å². The molecular formula is C23H22N4O2. The van der Waals surface area contributed by atoms with Gasteiger partial charge in [0.1, 0.15) is 23.9 Å². The molecule has 6 heteroatoms. The predicted octanol–water partition coefficient (Wildman–Crippen LogP) is 3.45. The van der Waals surface area contributed by atoms with E-state index in [9.17, 15) is 4.79 Å². The van der Waals surface area contributed by atoms with Crippen molar-refractivity contribution < 1.29 is 9.53 Å². The Morgan fingerprint density at radius 2 is 1.86 bits per heavy atom. The van der Waals surface area contributed by atoms with Crippen LogP contribution in [-0.4, -0.2) is 41.6 Å². The SMILES string of the molecule is COc1ccc(-c2ccccc2)cc1N1C(=O)[C@@H]2C[C@H]1CN2c1cc(C)ncn1. The summed E-state index contributed by atoms with van der Waals surface area (Å²) in [5.41, 5.74) is 3.93. The van der Waals surface area contributed by atoms with Gasteiger partial charge in [0, 0.05) is 18.3 Å². The number of aryl methyl sites for hydroxylation is 1. The standard InChI is InChI=1S/C23H22N4O2/c1-15-10-22(25-14-24-15)26-13-18-12-20(26)23(28)27(18)19-11-17(8-9-21(19)29-2)16-6-4-3-5-7-16/h3-11,14,18,20H,12-13H2,1-2H3/t18-,20-/m0/s1. The van der Waals surface area contributed by atoms with Crippen LogP contribution in [0, 0.1) is 6.92 Å². The fourth-order valence-corrected chi connectivity index (χ4v) is 4.43. The molecule has 2 saturated heterocycles. The van der Waals surface area contributed by atoms with E-state index in [4.69, 9.17) is 4.74 Å². The maximum Gasteiger partial charge on any atom is 0.250 e. The molecule has 29 heavy (non-hydrogen) atoms. The van der Waals surface area contributed by atoms with E-state index < -0.39 is 0 Å². The van der Waals surface area contributed by atoms with Crippen LogP contribution in [0.3, 0.4) is 0 Å². The Kier molecular flexibility index (Phi) is 4.19. The molecule has 0 radical (unpaired) electrons. The van der Waals surface area contributed by atoms with E-state index in [0.717, 1.165) is 47.0 Å². The second-order valence-electron chi connectivity index (χ2n) is 7.54. The van der Waals surface area contributed by atoms with Gasteiger partial charge in [0.25, 0.3) is 0 Å². The summed E-state index contributed by atoms with van der Waals surface area (Å²) in [4.78, 5) is 25.9. The van der Waals surface area contributed by atoms with Gasteiger partial charge in [0.2, 0.25) is 5.91 Å². The number of carbonyl (C=O) groups excluding carboxylic acids is 1. The molecule has 2 atom stereocenters. The Morgan fingerprint density at radius 1 is 1.03 bits per heavy atom. The first-order valence-electron chi connectivity index (χ1n) is 9.77. The summed E-state index contributed by atoms with van der Waals surface area (Å²) in [6.45, 7) is 2.69. The topological polar surface area (TPSA) is 58.6 Å². The Bertz CT molecular complexity index is 1070. The fraction of sp³-hybridized carbons (Fsp3) is 0.261. The Hall–Kier alpha value is -3.41. The van der Waals surface area contributed by atoms with E-state index in [1.54, 1.807) is 13.4 Å². The highest BCUT2D eigenvalue weighted by atomic mass is 16.5. The first kappa shape index (κ1) is 17.7. The van der Waals surface area contributed by atoms with Gasteiger partial charge in [-0.05, 0) is 36.6 Å². The molecule has 146 valence electrons.